The van der Waals surface area contributed by atoms with Crippen molar-refractivity contribution in [2.24, 2.45) is 0 Å². The van der Waals surface area contributed by atoms with Crippen LogP contribution in [0.15, 0.2) is 0 Å². The van der Waals surface area contributed by atoms with Gasteiger partial charge in [0.25, 0.3) is 12.3 Å². The van der Waals surface area contributed by atoms with Crippen molar-refractivity contribution in [1.82, 2.24) is 0 Å². The molecule has 0 spiro atoms. The molecule has 1 heterocycles. The number of ether oxygens (including phenoxy) is 2. The minimum Gasteiger partial charge on any atom is -0.507 e. The summed E-state index contributed by atoms with van der Waals surface area (Å²) in [4.78, 5) is 10.5. The Morgan fingerprint density at radius 2 is 1.94 bits per heavy atom. The molecule has 4 heteroatoms. The predicted octanol–water partition coefficient (Wildman–Crippen LogP) is 2.53. The van der Waals surface area contributed by atoms with E-state index in [1.807, 2.05) is 20.8 Å². The first kappa shape index (κ1) is 12.7. The summed E-state index contributed by atoms with van der Waals surface area (Å²) in [5, 5.41) is 10.0. The third-order valence-electron chi connectivity index (χ3n) is 3.78. The van der Waals surface area contributed by atoms with Gasteiger partial charge in [0.2, 0.25) is 0 Å². The fourth-order valence-electron chi connectivity index (χ4n) is 2.41. The Morgan fingerprint density at radius 3 is 2.56 bits per heavy atom. The fourth-order valence-corrected chi connectivity index (χ4v) is 2.41. The molecule has 0 saturated heterocycles. The number of phenols is 1. The van der Waals surface area contributed by atoms with Crippen molar-refractivity contribution in [3.63, 3.8) is 0 Å². The van der Waals surface area contributed by atoms with E-state index in [1.165, 1.54) is 0 Å². The maximum atomic E-state index is 10.5. The molecule has 0 fully saturated rings. The second kappa shape index (κ2) is 4.19. The van der Waals surface area contributed by atoms with Crippen molar-refractivity contribution < 1.29 is 19.4 Å². The number of fused-ring (bicyclic) bond motifs is 1. The molecule has 0 amide bonds. The van der Waals surface area contributed by atoms with E-state index in [2.05, 4.69) is 0 Å². The largest absolute Gasteiger partial charge is 0.507 e. The molecule has 0 saturated carbocycles. The Bertz CT molecular complexity index is 507. The summed E-state index contributed by atoms with van der Waals surface area (Å²) < 4.78 is 10.9. The lowest BCUT2D eigenvalue weighted by Crippen LogP contribution is -2.39. The Morgan fingerprint density at radius 1 is 1.28 bits per heavy atom. The van der Waals surface area contributed by atoms with E-state index in [9.17, 15) is 9.90 Å². The summed E-state index contributed by atoms with van der Waals surface area (Å²) in [6.45, 7) is 7.81. The number of hydrogen-bond acceptors (Lipinski definition) is 4. The number of benzene rings is 1. The number of hydrogen-bond donors (Lipinski definition) is 1. The van der Waals surface area contributed by atoms with Crippen LogP contribution in [0.25, 0.3) is 0 Å². The van der Waals surface area contributed by atoms with Crippen molar-refractivity contribution in [1.29, 1.82) is 0 Å². The smallest absolute Gasteiger partial charge is 0.296 e. The molecule has 1 aliphatic heterocycles. The molecule has 0 aromatic heterocycles. The van der Waals surface area contributed by atoms with Gasteiger partial charge in [0, 0.05) is 18.9 Å². The van der Waals surface area contributed by atoms with Crippen LogP contribution in [0.2, 0.25) is 0 Å². The van der Waals surface area contributed by atoms with Crippen LogP contribution < -0.4 is 4.74 Å². The van der Waals surface area contributed by atoms with Crippen LogP contribution in [0, 0.1) is 20.8 Å². The van der Waals surface area contributed by atoms with Crippen molar-refractivity contribution in [3.05, 3.63) is 22.3 Å². The lowest BCUT2D eigenvalue weighted by Gasteiger charge is -2.35. The quantitative estimate of drug-likeness (QED) is 0.819. The third kappa shape index (κ3) is 1.82. The van der Waals surface area contributed by atoms with Gasteiger partial charge in [-0.3, -0.25) is 4.79 Å². The van der Waals surface area contributed by atoms with Gasteiger partial charge in [0.15, 0.2) is 0 Å². The van der Waals surface area contributed by atoms with Gasteiger partial charge in [-0.05, 0) is 43.9 Å². The van der Waals surface area contributed by atoms with E-state index in [4.69, 9.17) is 9.47 Å². The molecule has 0 radical (unpaired) electrons. The summed E-state index contributed by atoms with van der Waals surface area (Å²) >= 11 is 0. The molecule has 1 N–H and O–H groups in total. The Balaban J connectivity index is 2.53. The lowest BCUT2D eigenvalue weighted by molar-refractivity contribution is -0.182. The highest BCUT2D eigenvalue weighted by Gasteiger charge is 2.35. The molecule has 1 atom stereocenters. The molecule has 4 nitrogen and oxygen atoms in total. The van der Waals surface area contributed by atoms with E-state index in [0.29, 0.717) is 18.6 Å². The van der Waals surface area contributed by atoms with Gasteiger partial charge in [-0.15, -0.1) is 0 Å². The minimum absolute atomic E-state index is 0.328. The van der Waals surface area contributed by atoms with Crippen molar-refractivity contribution in [2.75, 3.05) is 0 Å². The normalized spacial score (nSPS) is 22.0. The van der Waals surface area contributed by atoms with Gasteiger partial charge >= 0.3 is 0 Å². The maximum absolute atomic E-state index is 10.5. The van der Waals surface area contributed by atoms with Gasteiger partial charge in [-0.1, -0.05) is 0 Å². The summed E-state index contributed by atoms with van der Waals surface area (Å²) in [5.74, 6) is 0.156. The molecular formula is C14H18O4. The highest BCUT2D eigenvalue weighted by molar-refractivity contribution is 5.58. The van der Waals surface area contributed by atoms with E-state index in [-0.39, 0.29) is 0 Å². The second-order valence-electron chi connectivity index (χ2n) is 4.98. The molecule has 1 aromatic rings. The van der Waals surface area contributed by atoms with Crippen LogP contribution in [0.1, 0.15) is 35.6 Å². The van der Waals surface area contributed by atoms with Crippen molar-refractivity contribution in [2.45, 2.75) is 46.3 Å². The number of aromatic hydroxyl groups is 1. The highest BCUT2D eigenvalue weighted by Crippen LogP contribution is 2.43. The van der Waals surface area contributed by atoms with Crippen LogP contribution in [0.3, 0.4) is 0 Å². The van der Waals surface area contributed by atoms with Crippen molar-refractivity contribution in [3.8, 4) is 11.5 Å². The maximum Gasteiger partial charge on any atom is 0.296 e. The summed E-state index contributed by atoms with van der Waals surface area (Å²) in [5.41, 5.74) is 3.55. The Kier molecular flexibility index (Phi) is 2.97. The van der Waals surface area contributed by atoms with Gasteiger partial charge in [-0.25, -0.2) is 0 Å². The zero-order chi connectivity index (χ0) is 13.5. The van der Waals surface area contributed by atoms with Crippen LogP contribution >= 0.6 is 0 Å². The molecule has 98 valence electrons. The average Bonchev–Trinajstić information content (AvgIpc) is 2.34. The minimum atomic E-state index is -0.907. The first-order valence-corrected chi connectivity index (χ1v) is 6.01. The standard InChI is InChI=1S/C14H18O4/c1-8-9(2)13-11(10(3)12(8)16)5-6-14(4,18-13)17-7-15/h7,16H,5-6H2,1-4H3/t14-/m0/s1. The predicted molar refractivity (Wildman–Crippen MR) is 66.8 cm³/mol. The average molecular weight is 250 g/mol. The number of phenolic OH excluding ortho intramolecular Hbond substituents is 1. The molecule has 1 aliphatic rings. The van der Waals surface area contributed by atoms with Crippen LogP contribution in [-0.2, 0) is 16.0 Å². The molecule has 2 rings (SSSR count). The number of carbonyl (C=O) groups is 1. The molecule has 0 aliphatic carbocycles. The first-order chi connectivity index (χ1) is 8.39. The fraction of sp³-hybridized carbons (Fsp3) is 0.500. The van der Waals surface area contributed by atoms with Crippen LogP contribution in [0.4, 0.5) is 0 Å². The zero-order valence-corrected chi connectivity index (χ0v) is 11.2. The van der Waals surface area contributed by atoms with E-state index < -0.39 is 5.79 Å². The lowest BCUT2D eigenvalue weighted by atomic mass is 9.91. The number of carbonyl (C=O) groups excluding carboxylic acids is 1. The molecule has 0 unspecified atom stereocenters. The first-order valence-electron chi connectivity index (χ1n) is 6.01. The Labute approximate surface area is 107 Å². The van der Waals surface area contributed by atoms with Gasteiger partial charge < -0.3 is 14.6 Å². The van der Waals surface area contributed by atoms with Crippen LogP contribution in [0.5, 0.6) is 11.5 Å². The Hall–Kier alpha value is -1.71. The van der Waals surface area contributed by atoms with Crippen molar-refractivity contribution >= 4 is 6.47 Å². The molecular weight excluding hydrogens is 232 g/mol. The zero-order valence-electron chi connectivity index (χ0n) is 11.2. The topological polar surface area (TPSA) is 55.8 Å². The second-order valence-corrected chi connectivity index (χ2v) is 4.98. The van der Waals surface area contributed by atoms with Gasteiger partial charge in [0.1, 0.15) is 11.5 Å². The van der Waals surface area contributed by atoms with Crippen LogP contribution in [-0.4, -0.2) is 17.4 Å². The summed E-state index contributed by atoms with van der Waals surface area (Å²) in [7, 11) is 0. The highest BCUT2D eigenvalue weighted by atomic mass is 16.7. The van der Waals surface area contributed by atoms with E-state index >= 15 is 0 Å². The van der Waals surface area contributed by atoms with Gasteiger partial charge in [-0.2, -0.15) is 0 Å². The third-order valence-corrected chi connectivity index (χ3v) is 3.78. The molecule has 18 heavy (non-hydrogen) atoms. The molecule has 1 aromatic carbocycles. The van der Waals surface area contributed by atoms with Gasteiger partial charge in [0.05, 0.1) is 0 Å². The van der Waals surface area contributed by atoms with E-state index in [1.54, 1.807) is 6.92 Å². The van der Waals surface area contributed by atoms with E-state index in [0.717, 1.165) is 34.4 Å². The number of rotatable bonds is 2. The monoisotopic (exact) mass is 250 g/mol. The summed E-state index contributed by atoms with van der Waals surface area (Å²) in [6, 6.07) is 0. The SMILES string of the molecule is Cc1c(C)c2c(c(C)c1O)CC[C@@](C)(OC=O)O2. The summed E-state index contributed by atoms with van der Waals surface area (Å²) in [6.07, 6.45) is 1.31. The molecule has 0 bridgehead atoms.